The summed E-state index contributed by atoms with van der Waals surface area (Å²) in [6.45, 7) is 1.85. The van der Waals surface area contributed by atoms with Gasteiger partial charge in [-0.3, -0.25) is 0 Å². The van der Waals surface area contributed by atoms with E-state index in [0.29, 0.717) is 5.52 Å². The predicted octanol–water partition coefficient (Wildman–Crippen LogP) is 4.86. The van der Waals surface area contributed by atoms with Gasteiger partial charge < -0.3 is 9.84 Å². The first kappa shape index (κ1) is 16.1. The molecule has 0 spiro atoms. The topological polar surface area (TPSA) is 59.4 Å². The van der Waals surface area contributed by atoms with Crippen molar-refractivity contribution in [1.82, 2.24) is 4.98 Å². The molecular weight excluding hydrogens is 326 g/mol. The van der Waals surface area contributed by atoms with Crippen LogP contribution in [-0.4, -0.2) is 23.2 Å². The Hall–Kier alpha value is -3.40. The molecule has 0 saturated carbocycles. The van der Waals surface area contributed by atoms with Crippen LogP contribution in [-0.2, 0) is 4.74 Å². The van der Waals surface area contributed by atoms with Gasteiger partial charge in [0.25, 0.3) is 0 Å². The second kappa shape index (κ2) is 6.15. The van der Waals surface area contributed by atoms with Crippen molar-refractivity contribution in [3.8, 4) is 16.9 Å². The Labute approximate surface area is 150 Å². The highest BCUT2D eigenvalue weighted by Crippen LogP contribution is 2.37. The van der Waals surface area contributed by atoms with E-state index >= 15 is 0 Å². The lowest BCUT2D eigenvalue weighted by atomic mass is 9.95. The number of hydrogen-bond donors (Lipinski definition) is 1. The summed E-state index contributed by atoms with van der Waals surface area (Å²) in [6.07, 6.45) is 0. The number of rotatable bonds is 2. The minimum absolute atomic E-state index is 0.112. The monoisotopic (exact) mass is 343 g/mol. The summed E-state index contributed by atoms with van der Waals surface area (Å²) in [6, 6.07) is 19.7. The molecule has 0 saturated heterocycles. The van der Waals surface area contributed by atoms with Crippen LogP contribution in [0.15, 0.2) is 60.7 Å². The molecule has 0 unspecified atom stereocenters. The van der Waals surface area contributed by atoms with E-state index in [2.05, 4.69) is 17.1 Å². The number of pyridine rings is 1. The lowest BCUT2D eigenvalue weighted by molar-refractivity contribution is 0.0598. The molecule has 0 amide bonds. The zero-order valence-corrected chi connectivity index (χ0v) is 14.5. The van der Waals surface area contributed by atoms with Crippen LogP contribution in [0.4, 0.5) is 0 Å². The van der Waals surface area contributed by atoms with E-state index in [-0.39, 0.29) is 11.3 Å². The molecule has 3 aromatic carbocycles. The van der Waals surface area contributed by atoms with E-state index in [0.717, 1.165) is 33.0 Å². The van der Waals surface area contributed by atoms with Gasteiger partial charge in [-0.1, -0.05) is 42.5 Å². The molecule has 4 heteroatoms. The number of esters is 1. The van der Waals surface area contributed by atoms with E-state index in [1.165, 1.54) is 7.11 Å². The third-order valence-electron chi connectivity index (χ3n) is 4.56. The summed E-state index contributed by atoms with van der Waals surface area (Å²) < 4.78 is 4.83. The maximum absolute atomic E-state index is 12.1. The van der Waals surface area contributed by atoms with E-state index in [1.807, 2.05) is 49.4 Å². The van der Waals surface area contributed by atoms with Crippen LogP contribution in [0.3, 0.4) is 0 Å². The number of aromatic hydroxyl groups is 1. The molecule has 0 radical (unpaired) electrons. The van der Waals surface area contributed by atoms with Crippen LogP contribution >= 0.6 is 0 Å². The third-order valence-corrected chi connectivity index (χ3v) is 4.56. The number of phenolic OH excluding ortho intramolecular Hbond substituents is 1. The van der Waals surface area contributed by atoms with Crippen molar-refractivity contribution in [3.63, 3.8) is 0 Å². The Morgan fingerprint density at radius 3 is 2.54 bits per heavy atom. The first-order valence-electron chi connectivity index (χ1n) is 8.29. The quantitative estimate of drug-likeness (QED) is 0.528. The number of phenols is 1. The summed E-state index contributed by atoms with van der Waals surface area (Å²) >= 11 is 0. The first-order valence-corrected chi connectivity index (χ1v) is 8.29. The van der Waals surface area contributed by atoms with Gasteiger partial charge >= 0.3 is 5.97 Å². The van der Waals surface area contributed by atoms with Crippen molar-refractivity contribution < 1.29 is 14.6 Å². The SMILES string of the molecule is COC(=O)c1cc(-c2ccc3ccccc3c2)c2ccc(C)nc2c1O. The van der Waals surface area contributed by atoms with Gasteiger partial charge in [-0.25, -0.2) is 9.78 Å². The van der Waals surface area contributed by atoms with Gasteiger partial charge in [0, 0.05) is 11.1 Å². The standard InChI is InChI=1S/C22H17NO3/c1-13-7-10-17-18(12-19(22(25)26-2)21(24)20(17)23-13)16-9-8-14-5-3-4-6-15(14)11-16/h3-12,24H,1-2H3. The van der Waals surface area contributed by atoms with Crippen LogP contribution in [0.1, 0.15) is 16.1 Å². The average molecular weight is 343 g/mol. The Kier molecular flexibility index (Phi) is 3.81. The van der Waals surface area contributed by atoms with E-state index in [9.17, 15) is 9.90 Å². The highest BCUT2D eigenvalue weighted by atomic mass is 16.5. The molecule has 1 heterocycles. The van der Waals surface area contributed by atoms with Crippen molar-refractivity contribution >= 4 is 27.6 Å². The normalized spacial score (nSPS) is 11.0. The lowest BCUT2D eigenvalue weighted by Crippen LogP contribution is -2.03. The number of benzene rings is 3. The maximum atomic E-state index is 12.1. The molecule has 128 valence electrons. The first-order chi connectivity index (χ1) is 12.6. The Morgan fingerprint density at radius 2 is 1.77 bits per heavy atom. The Balaban J connectivity index is 2.06. The molecular formula is C22H17NO3. The largest absolute Gasteiger partial charge is 0.505 e. The number of carbonyl (C=O) groups excluding carboxylic acids is 1. The molecule has 0 aliphatic heterocycles. The number of nitrogens with zero attached hydrogens (tertiary/aromatic N) is 1. The molecule has 4 nitrogen and oxygen atoms in total. The highest BCUT2D eigenvalue weighted by Gasteiger charge is 2.19. The second-order valence-electron chi connectivity index (χ2n) is 6.22. The van der Waals surface area contributed by atoms with Crippen molar-refractivity contribution in [3.05, 3.63) is 71.9 Å². The van der Waals surface area contributed by atoms with Crippen LogP contribution in [0.5, 0.6) is 5.75 Å². The van der Waals surface area contributed by atoms with E-state index in [1.54, 1.807) is 6.07 Å². The molecule has 26 heavy (non-hydrogen) atoms. The average Bonchev–Trinajstić information content (AvgIpc) is 2.67. The van der Waals surface area contributed by atoms with Gasteiger partial charge in [0.15, 0.2) is 5.75 Å². The van der Waals surface area contributed by atoms with Crippen LogP contribution in [0.2, 0.25) is 0 Å². The predicted molar refractivity (Wildman–Crippen MR) is 102 cm³/mol. The number of fused-ring (bicyclic) bond motifs is 2. The number of aryl methyl sites for hydroxylation is 1. The van der Waals surface area contributed by atoms with Crippen molar-refractivity contribution in [2.45, 2.75) is 6.92 Å². The summed E-state index contributed by atoms with van der Waals surface area (Å²) in [4.78, 5) is 16.6. The smallest absolute Gasteiger partial charge is 0.341 e. The van der Waals surface area contributed by atoms with Gasteiger partial charge in [-0.05, 0) is 47.0 Å². The maximum Gasteiger partial charge on any atom is 0.341 e. The molecule has 1 aromatic heterocycles. The van der Waals surface area contributed by atoms with Crippen molar-refractivity contribution in [1.29, 1.82) is 0 Å². The number of carbonyl (C=O) groups is 1. The van der Waals surface area contributed by atoms with Gasteiger partial charge in [0.1, 0.15) is 11.1 Å². The van der Waals surface area contributed by atoms with Gasteiger partial charge in [-0.15, -0.1) is 0 Å². The fourth-order valence-corrected chi connectivity index (χ4v) is 3.23. The van der Waals surface area contributed by atoms with E-state index < -0.39 is 5.97 Å². The van der Waals surface area contributed by atoms with Crippen LogP contribution < -0.4 is 0 Å². The zero-order chi connectivity index (χ0) is 18.3. The molecule has 0 aliphatic rings. The summed E-state index contributed by atoms with van der Waals surface area (Å²) in [5.41, 5.74) is 3.05. The molecule has 0 aliphatic carbocycles. The minimum Gasteiger partial charge on any atom is -0.505 e. The van der Waals surface area contributed by atoms with Gasteiger partial charge in [0.2, 0.25) is 0 Å². The van der Waals surface area contributed by atoms with Gasteiger partial charge in [-0.2, -0.15) is 0 Å². The van der Waals surface area contributed by atoms with Gasteiger partial charge in [0.05, 0.1) is 7.11 Å². The molecule has 1 N–H and O–H groups in total. The van der Waals surface area contributed by atoms with Crippen LogP contribution in [0.25, 0.3) is 32.8 Å². The number of ether oxygens (including phenoxy) is 1. The minimum atomic E-state index is -0.588. The molecule has 4 rings (SSSR count). The fourth-order valence-electron chi connectivity index (χ4n) is 3.23. The second-order valence-corrected chi connectivity index (χ2v) is 6.22. The number of aromatic nitrogens is 1. The molecule has 0 fully saturated rings. The van der Waals surface area contributed by atoms with Crippen LogP contribution in [0, 0.1) is 6.92 Å². The summed E-state index contributed by atoms with van der Waals surface area (Å²) in [5.74, 6) is -0.741. The lowest BCUT2D eigenvalue weighted by Gasteiger charge is -2.13. The zero-order valence-electron chi connectivity index (χ0n) is 14.5. The summed E-state index contributed by atoms with van der Waals surface area (Å²) in [7, 11) is 1.30. The fraction of sp³-hybridized carbons (Fsp3) is 0.0909. The summed E-state index contributed by atoms with van der Waals surface area (Å²) in [5, 5.41) is 13.6. The molecule has 0 bridgehead atoms. The van der Waals surface area contributed by atoms with E-state index in [4.69, 9.17) is 4.74 Å². The number of hydrogen-bond acceptors (Lipinski definition) is 4. The van der Waals surface area contributed by atoms with Crippen molar-refractivity contribution in [2.75, 3.05) is 7.11 Å². The molecule has 4 aromatic rings. The third kappa shape index (κ3) is 2.56. The number of methoxy groups -OCH3 is 1. The Bertz CT molecular complexity index is 1160. The highest BCUT2D eigenvalue weighted by molar-refractivity contribution is 6.07. The Morgan fingerprint density at radius 1 is 1.00 bits per heavy atom. The molecule has 0 atom stereocenters. The van der Waals surface area contributed by atoms with Crippen molar-refractivity contribution in [2.24, 2.45) is 0 Å².